The standard InChI is InChI=1S/C24H30N6O4/c1-16(2)21-23(33)28-12-13-30(24(34)17-6-4-3-5-7-17)15-20(31)27-11-10-25-18-8-9-26-19(14-18)22(32)29-21/h3-9,14,16,21,25H,10-13,15H2,1-2H3,(H,27,31)(H,28,33)(H,29,32)/t21-/m0/s1. The van der Waals surface area contributed by atoms with E-state index in [1.165, 1.54) is 11.1 Å². The van der Waals surface area contributed by atoms with Gasteiger partial charge in [0.2, 0.25) is 11.8 Å². The molecular weight excluding hydrogens is 436 g/mol. The predicted octanol–water partition coefficient (Wildman–Crippen LogP) is 0.636. The van der Waals surface area contributed by atoms with Gasteiger partial charge in [-0.2, -0.15) is 0 Å². The maximum absolute atomic E-state index is 13.0. The summed E-state index contributed by atoms with van der Waals surface area (Å²) >= 11 is 0. The number of carbonyl (C=O) groups excluding carboxylic acids is 4. The van der Waals surface area contributed by atoms with Crippen LogP contribution in [0.15, 0.2) is 48.7 Å². The van der Waals surface area contributed by atoms with E-state index in [1.54, 1.807) is 42.5 Å². The lowest BCUT2D eigenvalue weighted by Crippen LogP contribution is -2.51. The lowest BCUT2D eigenvalue weighted by atomic mass is 10.0. The van der Waals surface area contributed by atoms with Crippen LogP contribution in [0.4, 0.5) is 5.69 Å². The highest BCUT2D eigenvalue weighted by molar-refractivity contribution is 5.97. The van der Waals surface area contributed by atoms with Gasteiger partial charge in [-0.1, -0.05) is 32.0 Å². The topological polar surface area (TPSA) is 133 Å². The molecule has 2 heterocycles. The number of aromatic nitrogens is 1. The first kappa shape index (κ1) is 24.7. The molecule has 0 spiro atoms. The number of benzene rings is 1. The van der Waals surface area contributed by atoms with Gasteiger partial charge < -0.3 is 26.2 Å². The molecule has 2 bridgehead atoms. The van der Waals surface area contributed by atoms with Crippen molar-refractivity contribution in [3.63, 3.8) is 0 Å². The Morgan fingerprint density at radius 2 is 1.74 bits per heavy atom. The van der Waals surface area contributed by atoms with Crippen LogP contribution in [-0.2, 0) is 9.59 Å². The second-order valence-corrected chi connectivity index (χ2v) is 8.29. The SMILES string of the molecule is CC(C)[C@@H]1NC(=O)c2cc(ccn2)NCCNC(=O)CN(C(=O)c2ccccc2)CCNC1=O. The minimum atomic E-state index is -0.789. The molecule has 1 atom stereocenters. The smallest absolute Gasteiger partial charge is 0.270 e. The Morgan fingerprint density at radius 1 is 1.00 bits per heavy atom. The first-order chi connectivity index (χ1) is 16.3. The van der Waals surface area contributed by atoms with Gasteiger partial charge in [0.05, 0.1) is 6.54 Å². The van der Waals surface area contributed by atoms with Crippen LogP contribution in [0.25, 0.3) is 0 Å². The molecule has 0 fully saturated rings. The average Bonchev–Trinajstić information content (AvgIpc) is 2.84. The lowest BCUT2D eigenvalue weighted by molar-refractivity contribution is -0.124. The zero-order valence-corrected chi connectivity index (χ0v) is 19.3. The molecule has 4 N–H and O–H groups in total. The molecule has 1 aromatic carbocycles. The molecular formula is C24H30N6O4. The summed E-state index contributed by atoms with van der Waals surface area (Å²) in [5, 5.41) is 11.4. The summed E-state index contributed by atoms with van der Waals surface area (Å²) < 4.78 is 0. The highest BCUT2D eigenvalue weighted by Gasteiger charge is 2.26. The van der Waals surface area contributed by atoms with E-state index in [-0.39, 0.29) is 49.0 Å². The molecule has 2 aromatic rings. The Morgan fingerprint density at radius 3 is 2.47 bits per heavy atom. The second-order valence-electron chi connectivity index (χ2n) is 8.29. The molecule has 1 aliphatic heterocycles. The molecule has 1 aromatic heterocycles. The monoisotopic (exact) mass is 466 g/mol. The third-order valence-electron chi connectivity index (χ3n) is 5.33. The highest BCUT2D eigenvalue weighted by Crippen LogP contribution is 2.10. The van der Waals surface area contributed by atoms with Crippen LogP contribution >= 0.6 is 0 Å². The van der Waals surface area contributed by atoms with E-state index in [1.807, 2.05) is 13.8 Å². The van der Waals surface area contributed by atoms with E-state index in [4.69, 9.17) is 0 Å². The van der Waals surface area contributed by atoms with E-state index in [0.717, 1.165) is 0 Å². The summed E-state index contributed by atoms with van der Waals surface area (Å²) in [6.07, 6.45) is 1.50. The predicted molar refractivity (Wildman–Crippen MR) is 127 cm³/mol. The van der Waals surface area contributed by atoms with Crippen molar-refractivity contribution in [2.45, 2.75) is 19.9 Å². The number of amides is 4. The summed E-state index contributed by atoms with van der Waals surface area (Å²) in [5.74, 6) is -1.64. The Bertz CT molecular complexity index is 1030. The number of nitrogens with one attached hydrogen (secondary N) is 4. The van der Waals surface area contributed by atoms with Crippen LogP contribution in [0.3, 0.4) is 0 Å². The van der Waals surface area contributed by atoms with Crippen LogP contribution < -0.4 is 21.3 Å². The summed E-state index contributed by atoms with van der Waals surface area (Å²) in [6.45, 7) is 4.50. The maximum atomic E-state index is 13.0. The molecule has 34 heavy (non-hydrogen) atoms. The number of fused-ring (bicyclic) bond motifs is 2. The van der Waals surface area contributed by atoms with Crippen LogP contribution in [0.2, 0.25) is 0 Å². The molecule has 1 aliphatic rings. The largest absolute Gasteiger partial charge is 0.383 e. The van der Waals surface area contributed by atoms with Crippen molar-refractivity contribution in [1.29, 1.82) is 0 Å². The van der Waals surface area contributed by atoms with Crippen LogP contribution in [0, 0.1) is 5.92 Å². The number of hydrogen-bond acceptors (Lipinski definition) is 6. The Hall–Kier alpha value is -3.95. The van der Waals surface area contributed by atoms with Gasteiger partial charge in [-0.05, 0) is 30.2 Å². The molecule has 10 nitrogen and oxygen atoms in total. The molecule has 0 saturated heterocycles. The van der Waals surface area contributed by atoms with Crippen molar-refractivity contribution in [2.75, 3.05) is 38.0 Å². The molecule has 0 unspecified atom stereocenters. The maximum Gasteiger partial charge on any atom is 0.270 e. The van der Waals surface area contributed by atoms with E-state index in [0.29, 0.717) is 24.3 Å². The van der Waals surface area contributed by atoms with Crippen LogP contribution in [0.1, 0.15) is 34.7 Å². The quantitative estimate of drug-likeness (QED) is 0.513. The first-order valence-corrected chi connectivity index (χ1v) is 11.2. The van der Waals surface area contributed by atoms with Crippen molar-refractivity contribution in [3.8, 4) is 0 Å². The van der Waals surface area contributed by atoms with Crippen LogP contribution in [0.5, 0.6) is 0 Å². The number of anilines is 1. The van der Waals surface area contributed by atoms with Crippen LogP contribution in [-0.4, -0.2) is 72.3 Å². The van der Waals surface area contributed by atoms with Gasteiger partial charge in [-0.15, -0.1) is 0 Å². The van der Waals surface area contributed by atoms with E-state index >= 15 is 0 Å². The van der Waals surface area contributed by atoms with E-state index in [2.05, 4.69) is 26.3 Å². The number of pyridine rings is 1. The molecule has 180 valence electrons. The van der Waals surface area contributed by atoms with Gasteiger partial charge in [0.15, 0.2) is 0 Å². The van der Waals surface area contributed by atoms with E-state index in [9.17, 15) is 19.2 Å². The Balaban J connectivity index is 1.80. The Labute approximate surface area is 198 Å². The minimum absolute atomic E-state index is 0.124. The van der Waals surface area contributed by atoms with Crippen molar-refractivity contribution in [3.05, 3.63) is 59.9 Å². The average molecular weight is 467 g/mol. The van der Waals surface area contributed by atoms with Crippen molar-refractivity contribution < 1.29 is 19.2 Å². The van der Waals surface area contributed by atoms with Gasteiger partial charge in [0, 0.05) is 43.6 Å². The fraction of sp³-hybridized carbons (Fsp3) is 0.375. The number of nitrogens with zero attached hydrogens (tertiary/aromatic N) is 2. The third-order valence-corrected chi connectivity index (χ3v) is 5.33. The molecule has 0 saturated carbocycles. The van der Waals surface area contributed by atoms with Gasteiger partial charge in [0.1, 0.15) is 11.7 Å². The zero-order valence-electron chi connectivity index (χ0n) is 19.3. The van der Waals surface area contributed by atoms with Gasteiger partial charge in [0.25, 0.3) is 11.8 Å². The number of rotatable bonds is 2. The molecule has 4 amide bonds. The summed E-state index contributed by atoms with van der Waals surface area (Å²) in [5.41, 5.74) is 1.29. The van der Waals surface area contributed by atoms with Crippen molar-refractivity contribution in [2.24, 2.45) is 5.92 Å². The third kappa shape index (κ3) is 6.77. The highest BCUT2D eigenvalue weighted by atomic mass is 16.2. The first-order valence-electron chi connectivity index (χ1n) is 11.2. The normalized spacial score (nSPS) is 18.3. The lowest BCUT2D eigenvalue weighted by Gasteiger charge is -2.24. The van der Waals surface area contributed by atoms with E-state index < -0.39 is 11.9 Å². The fourth-order valence-electron chi connectivity index (χ4n) is 3.49. The molecule has 10 heteroatoms. The number of carbonyl (C=O) groups is 4. The summed E-state index contributed by atoms with van der Waals surface area (Å²) in [7, 11) is 0. The summed E-state index contributed by atoms with van der Waals surface area (Å²) in [6, 6.07) is 11.2. The van der Waals surface area contributed by atoms with Gasteiger partial charge >= 0.3 is 0 Å². The minimum Gasteiger partial charge on any atom is -0.383 e. The Kier molecular flexibility index (Phi) is 8.55. The molecule has 3 rings (SSSR count). The van der Waals surface area contributed by atoms with Crippen molar-refractivity contribution >= 4 is 29.3 Å². The zero-order chi connectivity index (χ0) is 24.5. The number of hydrogen-bond donors (Lipinski definition) is 4. The second kappa shape index (κ2) is 11.8. The molecule has 0 radical (unpaired) electrons. The summed E-state index contributed by atoms with van der Waals surface area (Å²) in [4.78, 5) is 56.6. The molecule has 0 aliphatic carbocycles. The van der Waals surface area contributed by atoms with Gasteiger partial charge in [-0.3, -0.25) is 24.2 Å². The fourth-order valence-corrected chi connectivity index (χ4v) is 3.49. The van der Waals surface area contributed by atoms with Gasteiger partial charge in [-0.25, -0.2) is 0 Å². The van der Waals surface area contributed by atoms with Crippen molar-refractivity contribution in [1.82, 2.24) is 25.8 Å².